The van der Waals surface area contributed by atoms with Gasteiger partial charge in [0.05, 0.1) is 6.04 Å². The Balaban J connectivity index is 1.70. The first-order valence-electron chi connectivity index (χ1n) is 9.18. The zero-order valence-corrected chi connectivity index (χ0v) is 16.7. The summed E-state index contributed by atoms with van der Waals surface area (Å²) in [5, 5.41) is 3.64. The number of likely N-dealkylation sites (N-methyl/N-ethyl adjacent to an activating group) is 1. The Labute approximate surface area is 159 Å². The van der Waals surface area contributed by atoms with Crippen LogP contribution < -0.4 is 10.1 Å². The minimum absolute atomic E-state index is 0.265. The van der Waals surface area contributed by atoms with Gasteiger partial charge >= 0.3 is 0 Å². The number of benzene rings is 2. The van der Waals surface area contributed by atoms with E-state index in [0.29, 0.717) is 0 Å². The Bertz CT molecular complexity index is 683. The topological polar surface area (TPSA) is 24.5 Å². The number of rotatable bonds is 7. The molecule has 0 amide bonds. The molecule has 1 atom stereocenters. The second kappa shape index (κ2) is 8.84. The number of halogens is 1. The Morgan fingerprint density at radius 1 is 1.12 bits per heavy atom. The second-order valence-electron chi connectivity index (χ2n) is 6.42. The van der Waals surface area contributed by atoms with Crippen molar-refractivity contribution in [3.05, 3.63) is 63.6 Å². The van der Waals surface area contributed by atoms with Crippen molar-refractivity contribution in [1.82, 2.24) is 10.2 Å². The van der Waals surface area contributed by atoms with Gasteiger partial charge in [-0.2, -0.15) is 0 Å². The van der Waals surface area contributed by atoms with Gasteiger partial charge < -0.3 is 15.0 Å². The van der Waals surface area contributed by atoms with E-state index in [1.165, 1.54) is 16.7 Å². The summed E-state index contributed by atoms with van der Waals surface area (Å²) in [6.07, 6.45) is 1.05. The lowest BCUT2D eigenvalue weighted by Gasteiger charge is -2.28. The monoisotopic (exact) mass is 402 g/mol. The van der Waals surface area contributed by atoms with Gasteiger partial charge in [0.2, 0.25) is 0 Å². The van der Waals surface area contributed by atoms with Gasteiger partial charge in [-0.15, -0.1) is 0 Å². The molecule has 3 rings (SSSR count). The first-order chi connectivity index (χ1) is 12.2. The van der Waals surface area contributed by atoms with Gasteiger partial charge in [-0.3, -0.25) is 0 Å². The fourth-order valence-corrected chi connectivity index (χ4v) is 3.68. The van der Waals surface area contributed by atoms with Crippen molar-refractivity contribution in [3.8, 4) is 5.75 Å². The molecule has 4 heteroatoms. The highest BCUT2D eigenvalue weighted by Gasteiger charge is 2.21. The maximum atomic E-state index is 5.99. The highest BCUT2D eigenvalue weighted by molar-refractivity contribution is 9.10. The average Bonchev–Trinajstić information content (AvgIpc) is 2.65. The fraction of sp³-hybridized carbons (Fsp3) is 0.429. The molecule has 2 aromatic carbocycles. The largest absolute Gasteiger partial charge is 0.492 e. The zero-order valence-electron chi connectivity index (χ0n) is 15.1. The molecule has 25 heavy (non-hydrogen) atoms. The van der Waals surface area contributed by atoms with E-state index in [1.54, 1.807) is 0 Å². The van der Waals surface area contributed by atoms with Crippen LogP contribution in [0.2, 0.25) is 0 Å². The van der Waals surface area contributed by atoms with E-state index in [2.05, 4.69) is 82.5 Å². The minimum atomic E-state index is 0.265. The fourth-order valence-electron chi connectivity index (χ4n) is 3.42. The standard InChI is InChI=1S/C21H27BrN2O/c1-3-24(4-2)13-14-25-19-9-10-20-17(15-19)11-12-23-21(20)16-5-7-18(22)8-6-16/h5-10,15,21,23H,3-4,11-14H2,1-2H3. The van der Waals surface area contributed by atoms with E-state index < -0.39 is 0 Å². The molecular weight excluding hydrogens is 376 g/mol. The van der Waals surface area contributed by atoms with E-state index in [1.807, 2.05) is 0 Å². The third kappa shape index (κ3) is 4.63. The van der Waals surface area contributed by atoms with Crippen LogP contribution in [0.3, 0.4) is 0 Å². The van der Waals surface area contributed by atoms with Gasteiger partial charge in [0.15, 0.2) is 0 Å². The number of nitrogens with one attached hydrogen (secondary N) is 1. The predicted molar refractivity (Wildman–Crippen MR) is 107 cm³/mol. The Hall–Kier alpha value is -1.36. The van der Waals surface area contributed by atoms with Crippen LogP contribution in [0.1, 0.15) is 36.6 Å². The Morgan fingerprint density at radius 2 is 1.88 bits per heavy atom. The lowest BCUT2D eigenvalue weighted by molar-refractivity contribution is 0.222. The highest BCUT2D eigenvalue weighted by Crippen LogP contribution is 2.31. The molecule has 2 aromatic rings. The third-order valence-corrected chi connectivity index (χ3v) is 5.47. The number of ether oxygens (including phenoxy) is 1. The van der Waals surface area contributed by atoms with Gasteiger partial charge in [0.25, 0.3) is 0 Å². The number of hydrogen-bond donors (Lipinski definition) is 1. The summed E-state index contributed by atoms with van der Waals surface area (Å²) in [4.78, 5) is 2.38. The van der Waals surface area contributed by atoms with Crippen LogP contribution in [-0.2, 0) is 6.42 Å². The van der Waals surface area contributed by atoms with Crippen molar-refractivity contribution in [3.63, 3.8) is 0 Å². The average molecular weight is 403 g/mol. The van der Waals surface area contributed by atoms with Gasteiger partial charge in [-0.05, 0) is 60.5 Å². The van der Waals surface area contributed by atoms with E-state index in [0.717, 1.165) is 49.4 Å². The Morgan fingerprint density at radius 3 is 2.60 bits per heavy atom. The predicted octanol–water partition coefficient (Wildman–Crippen LogP) is 4.40. The zero-order chi connectivity index (χ0) is 17.6. The van der Waals surface area contributed by atoms with Crippen LogP contribution in [0.25, 0.3) is 0 Å². The summed E-state index contributed by atoms with van der Waals surface area (Å²) in [5.41, 5.74) is 4.07. The molecule has 0 bridgehead atoms. The SMILES string of the molecule is CCN(CC)CCOc1ccc2c(c1)CCNC2c1ccc(Br)cc1. The summed E-state index contributed by atoms with van der Waals surface area (Å²) >= 11 is 3.51. The molecule has 134 valence electrons. The molecule has 0 aromatic heterocycles. The van der Waals surface area contributed by atoms with Crippen molar-refractivity contribution >= 4 is 15.9 Å². The van der Waals surface area contributed by atoms with Gasteiger partial charge in [-0.25, -0.2) is 0 Å². The first-order valence-corrected chi connectivity index (χ1v) is 9.97. The molecule has 1 N–H and O–H groups in total. The van der Waals surface area contributed by atoms with E-state index in [-0.39, 0.29) is 6.04 Å². The van der Waals surface area contributed by atoms with E-state index >= 15 is 0 Å². The summed E-state index contributed by atoms with van der Waals surface area (Å²) < 4.78 is 7.11. The van der Waals surface area contributed by atoms with Gasteiger partial charge in [-0.1, -0.05) is 48.0 Å². The van der Waals surface area contributed by atoms with Crippen LogP contribution in [0.15, 0.2) is 46.9 Å². The van der Waals surface area contributed by atoms with Crippen LogP contribution >= 0.6 is 15.9 Å². The molecule has 3 nitrogen and oxygen atoms in total. The number of hydrogen-bond acceptors (Lipinski definition) is 3. The molecule has 0 aliphatic carbocycles. The maximum absolute atomic E-state index is 5.99. The molecule has 1 aliphatic rings. The van der Waals surface area contributed by atoms with Crippen LogP contribution in [-0.4, -0.2) is 37.7 Å². The molecule has 0 saturated carbocycles. The minimum Gasteiger partial charge on any atom is -0.492 e. The van der Waals surface area contributed by atoms with Crippen LogP contribution in [0.5, 0.6) is 5.75 Å². The van der Waals surface area contributed by atoms with Crippen LogP contribution in [0, 0.1) is 0 Å². The first kappa shape index (κ1) is 18.4. The molecule has 0 saturated heterocycles. The summed E-state index contributed by atoms with van der Waals surface area (Å²) in [7, 11) is 0. The van der Waals surface area contributed by atoms with Crippen molar-refractivity contribution in [2.75, 3.05) is 32.8 Å². The van der Waals surface area contributed by atoms with E-state index in [9.17, 15) is 0 Å². The van der Waals surface area contributed by atoms with Crippen LogP contribution in [0.4, 0.5) is 0 Å². The van der Waals surface area contributed by atoms with Crippen molar-refractivity contribution in [1.29, 1.82) is 0 Å². The number of fused-ring (bicyclic) bond motifs is 1. The lowest BCUT2D eigenvalue weighted by atomic mass is 9.90. The van der Waals surface area contributed by atoms with E-state index in [4.69, 9.17) is 4.74 Å². The summed E-state index contributed by atoms with van der Waals surface area (Å²) in [6, 6.07) is 15.4. The molecular formula is C21H27BrN2O. The van der Waals surface area contributed by atoms with Crippen molar-refractivity contribution in [2.24, 2.45) is 0 Å². The van der Waals surface area contributed by atoms with Crippen molar-refractivity contribution in [2.45, 2.75) is 26.3 Å². The van der Waals surface area contributed by atoms with Crippen molar-refractivity contribution < 1.29 is 4.74 Å². The maximum Gasteiger partial charge on any atom is 0.119 e. The molecule has 1 aliphatic heterocycles. The quantitative estimate of drug-likeness (QED) is 0.742. The number of nitrogens with zero attached hydrogens (tertiary/aromatic N) is 1. The highest BCUT2D eigenvalue weighted by atomic mass is 79.9. The Kier molecular flexibility index (Phi) is 6.51. The smallest absolute Gasteiger partial charge is 0.119 e. The lowest BCUT2D eigenvalue weighted by Crippen LogP contribution is -2.30. The molecule has 1 unspecified atom stereocenters. The molecule has 1 heterocycles. The molecule has 0 fully saturated rings. The molecule has 0 spiro atoms. The summed E-state index contributed by atoms with van der Waals surface area (Å²) in [6.45, 7) is 9.25. The van der Waals surface area contributed by atoms with Gasteiger partial charge in [0, 0.05) is 17.6 Å². The second-order valence-corrected chi connectivity index (χ2v) is 7.34. The molecule has 0 radical (unpaired) electrons. The normalized spacial score (nSPS) is 16.7. The third-order valence-electron chi connectivity index (χ3n) is 4.94. The van der Waals surface area contributed by atoms with Gasteiger partial charge in [0.1, 0.15) is 12.4 Å². The summed E-state index contributed by atoms with van der Waals surface area (Å²) in [5.74, 6) is 0.988.